The number of benzene rings is 2. The lowest BCUT2D eigenvalue weighted by Gasteiger charge is -2.23. The van der Waals surface area contributed by atoms with E-state index < -0.39 is 6.10 Å². The molecule has 1 atom stereocenters. The molecule has 0 bridgehead atoms. The first kappa shape index (κ1) is 18.8. The quantitative estimate of drug-likeness (QED) is 0.773. The lowest BCUT2D eigenvalue weighted by Crippen LogP contribution is -2.33. The number of aliphatic hydroxyl groups excluding tert-OH is 1. The first-order valence-electron chi connectivity index (χ1n) is 8.27. The maximum absolute atomic E-state index is 12.2. The minimum Gasteiger partial charge on any atom is -0.497 e. The Labute approximate surface area is 149 Å². The van der Waals surface area contributed by atoms with Crippen molar-refractivity contribution >= 4 is 11.7 Å². The Balaban J connectivity index is 1.97. The first-order valence-corrected chi connectivity index (χ1v) is 8.27. The van der Waals surface area contributed by atoms with Crippen molar-refractivity contribution in [2.24, 2.45) is 0 Å². The first-order chi connectivity index (χ1) is 11.8. The fraction of sp³-hybridized carbons (Fsp3) is 0.350. The van der Waals surface area contributed by atoms with E-state index in [-0.39, 0.29) is 18.0 Å². The van der Waals surface area contributed by atoms with Crippen LogP contribution in [0.3, 0.4) is 0 Å². The van der Waals surface area contributed by atoms with Crippen LogP contribution in [-0.2, 0) is 5.41 Å². The molecule has 0 spiro atoms. The van der Waals surface area contributed by atoms with Crippen LogP contribution in [0.1, 0.15) is 38.0 Å². The topological polar surface area (TPSA) is 70.6 Å². The Hall–Kier alpha value is -2.53. The second-order valence-corrected chi connectivity index (χ2v) is 6.92. The highest BCUT2D eigenvalue weighted by molar-refractivity contribution is 5.90. The van der Waals surface area contributed by atoms with Gasteiger partial charge in [-0.1, -0.05) is 51.1 Å². The molecule has 2 rings (SSSR count). The van der Waals surface area contributed by atoms with E-state index >= 15 is 0 Å². The van der Waals surface area contributed by atoms with Gasteiger partial charge in [-0.05, 0) is 34.7 Å². The summed E-state index contributed by atoms with van der Waals surface area (Å²) in [5.41, 5.74) is 2.43. The normalized spacial score (nSPS) is 12.4. The van der Waals surface area contributed by atoms with Crippen molar-refractivity contribution in [2.75, 3.05) is 19.0 Å². The second-order valence-electron chi connectivity index (χ2n) is 6.92. The third-order valence-corrected chi connectivity index (χ3v) is 3.92. The van der Waals surface area contributed by atoms with Crippen LogP contribution in [0.25, 0.3) is 0 Å². The van der Waals surface area contributed by atoms with E-state index in [1.807, 2.05) is 24.3 Å². The number of amides is 2. The monoisotopic (exact) mass is 342 g/mol. The van der Waals surface area contributed by atoms with E-state index in [9.17, 15) is 9.90 Å². The molecule has 0 aliphatic rings. The Morgan fingerprint density at radius 1 is 1.16 bits per heavy atom. The van der Waals surface area contributed by atoms with Crippen LogP contribution in [0.5, 0.6) is 5.75 Å². The molecule has 0 aromatic heterocycles. The summed E-state index contributed by atoms with van der Waals surface area (Å²) in [6.45, 7) is 6.39. The van der Waals surface area contributed by atoms with E-state index in [2.05, 4.69) is 31.4 Å². The van der Waals surface area contributed by atoms with E-state index in [4.69, 9.17) is 4.74 Å². The van der Waals surface area contributed by atoms with Crippen molar-refractivity contribution in [3.8, 4) is 5.75 Å². The molecule has 2 amide bonds. The summed E-state index contributed by atoms with van der Waals surface area (Å²) in [7, 11) is 1.57. The number of anilines is 1. The zero-order chi connectivity index (χ0) is 18.4. The van der Waals surface area contributed by atoms with Crippen LogP contribution in [0, 0.1) is 0 Å². The third-order valence-electron chi connectivity index (χ3n) is 3.92. The Morgan fingerprint density at radius 3 is 2.56 bits per heavy atom. The Bertz CT molecular complexity index is 723. The predicted octanol–water partition coefficient (Wildman–Crippen LogP) is 3.85. The van der Waals surface area contributed by atoms with Crippen LogP contribution in [0.4, 0.5) is 10.5 Å². The maximum atomic E-state index is 12.2. The van der Waals surface area contributed by atoms with Gasteiger partial charge in [0.1, 0.15) is 5.75 Å². The van der Waals surface area contributed by atoms with Crippen LogP contribution < -0.4 is 15.4 Å². The zero-order valence-corrected chi connectivity index (χ0v) is 15.2. The van der Waals surface area contributed by atoms with Crippen molar-refractivity contribution in [3.05, 3.63) is 59.7 Å². The zero-order valence-electron chi connectivity index (χ0n) is 15.2. The molecule has 0 heterocycles. The highest BCUT2D eigenvalue weighted by atomic mass is 16.5. The number of nitrogens with one attached hydrogen (secondary N) is 2. The van der Waals surface area contributed by atoms with Crippen LogP contribution in [0.15, 0.2) is 48.5 Å². The third kappa shape index (κ3) is 5.22. The van der Waals surface area contributed by atoms with Gasteiger partial charge in [0.15, 0.2) is 0 Å². The molecular formula is C20H26N2O3. The number of aliphatic hydroxyl groups is 1. The largest absolute Gasteiger partial charge is 0.497 e. The van der Waals surface area contributed by atoms with Crippen molar-refractivity contribution in [1.82, 2.24) is 5.32 Å². The van der Waals surface area contributed by atoms with E-state index in [0.29, 0.717) is 11.3 Å². The molecule has 5 nitrogen and oxygen atoms in total. The molecular weight excluding hydrogens is 316 g/mol. The minimum absolute atomic E-state index is 0.0794. The molecule has 0 aliphatic carbocycles. The lowest BCUT2D eigenvalue weighted by atomic mass is 9.86. The standard InChI is InChI=1S/C20H26N2O3/c1-20(2,3)16-10-5-6-11-17(16)22-19(24)21-13-18(23)14-8-7-9-15(12-14)25-4/h5-12,18,23H,13H2,1-4H3,(H2,21,22,24). The molecule has 1 unspecified atom stereocenters. The van der Waals surface area contributed by atoms with Gasteiger partial charge in [0, 0.05) is 12.2 Å². The van der Waals surface area contributed by atoms with E-state index in [0.717, 1.165) is 11.3 Å². The summed E-state index contributed by atoms with van der Waals surface area (Å²) in [4.78, 5) is 12.2. The number of hydrogen-bond donors (Lipinski definition) is 3. The van der Waals surface area contributed by atoms with E-state index in [1.165, 1.54) is 0 Å². The summed E-state index contributed by atoms with van der Waals surface area (Å²) in [6.07, 6.45) is -0.807. The highest BCUT2D eigenvalue weighted by Gasteiger charge is 2.18. The molecule has 25 heavy (non-hydrogen) atoms. The fourth-order valence-corrected chi connectivity index (χ4v) is 2.57. The number of methoxy groups -OCH3 is 1. The second kappa shape index (κ2) is 8.03. The van der Waals surface area contributed by atoms with Crippen molar-refractivity contribution in [2.45, 2.75) is 32.3 Å². The average Bonchev–Trinajstić information content (AvgIpc) is 2.59. The number of carbonyl (C=O) groups is 1. The van der Waals surface area contributed by atoms with Crippen LogP contribution in [0.2, 0.25) is 0 Å². The van der Waals surface area contributed by atoms with Gasteiger partial charge in [0.2, 0.25) is 0 Å². The molecule has 5 heteroatoms. The highest BCUT2D eigenvalue weighted by Crippen LogP contribution is 2.29. The smallest absolute Gasteiger partial charge is 0.319 e. The van der Waals surface area contributed by atoms with E-state index in [1.54, 1.807) is 31.4 Å². The molecule has 2 aromatic rings. The molecule has 0 fully saturated rings. The average molecular weight is 342 g/mol. The van der Waals surface area contributed by atoms with Crippen molar-refractivity contribution < 1.29 is 14.6 Å². The summed E-state index contributed by atoms with van der Waals surface area (Å²) in [5, 5.41) is 15.8. The predicted molar refractivity (Wildman–Crippen MR) is 100 cm³/mol. The van der Waals surface area contributed by atoms with Gasteiger partial charge in [-0.2, -0.15) is 0 Å². The molecule has 0 aliphatic heterocycles. The van der Waals surface area contributed by atoms with Crippen molar-refractivity contribution in [3.63, 3.8) is 0 Å². The van der Waals surface area contributed by atoms with Gasteiger partial charge in [0.25, 0.3) is 0 Å². The maximum Gasteiger partial charge on any atom is 0.319 e. The number of hydrogen-bond acceptors (Lipinski definition) is 3. The SMILES string of the molecule is COc1cccc(C(O)CNC(=O)Nc2ccccc2C(C)(C)C)c1. The molecule has 0 saturated carbocycles. The summed E-state index contributed by atoms with van der Waals surface area (Å²) < 4.78 is 5.14. The lowest BCUT2D eigenvalue weighted by molar-refractivity contribution is 0.174. The van der Waals surface area contributed by atoms with Gasteiger partial charge in [0.05, 0.1) is 13.2 Å². The molecule has 0 radical (unpaired) electrons. The van der Waals surface area contributed by atoms with Gasteiger partial charge in [-0.15, -0.1) is 0 Å². The Kier molecular flexibility index (Phi) is 6.04. The number of para-hydroxylation sites is 1. The summed E-state index contributed by atoms with van der Waals surface area (Å²) in [5.74, 6) is 0.667. The number of ether oxygens (including phenoxy) is 1. The summed E-state index contributed by atoms with van der Waals surface area (Å²) >= 11 is 0. The summed E-state index contributed by atoms with van der Waals surface area (Å²) in [6, 6.07) is 14.5. The van der Waals surface area contributed by atoms with Crippen LogP contribution >= 0.6 is 0 Å². The Morgan fingerprint density at radius 2 is 1.88 bits per heavy atom. The van der Waals surface area contributed by atoms with Crippen molar-refractivity contribution in [1.29, 1.82) is 0 Å². The molecule has 3 N–H and O–H groups in total. The van der Waals surface area contributed by atoms with Gasteiger partial charge in [-0.25, -0.2) is 4.79 Å². The number of rotatable bonds is 5. The molecule has 0 saturated heterocycles. The molecule has 134 valence electrons. The molecule has 2 aromatic carbocycles. The van der Waals surface area contributed by atoms with Gasteiger partial charge in [-0.3, -0.25) is 0 Å². The van der Waals surface area contributed by atoms with Gasteiger partial charge < -0.3 is 20.5 Å². The number of carbonyl (C=O) groups excluding carboxylic acids is 1. The fourth-order valence-electron chi connectivity index (χ4n) is 2.57. The van der Waals surface area contributed by atoms with Gasteiger partial charge >= 0.3 is 6.03 Å². The van der Waals surface area contributed by atoms with Crippen LogP contribution in [-0.4, -0.2) is 24.8 Å². The number of urea groups is 1. The minimum atomic E-state index is -0.807.